The van der Waals surface area contributed by atoms with Crippen molar-refractivity contribution in [1.29, 1.82) is 0 Å². The van der Waals surface area contributed by atoms with Gasteiger partial charge in [-0.1, -0.05) is 30.3 Å². The zero-order chi connectivity index (χ0) is 15.1. The Kier molecular flexibility index (Phi) is 5.43. The maximum Gasteiger partial charge on any atom is 0.240 e. The number of pyridine rings is 1. The molecule has 0 fully saturated rings. The first-order valence-corrected chi connectivity index (χ1v) is 7.25. The molecule has 4 nitrogen and oxygen atoms in total. The summed E-state index contributed by atoms with van der Waals surface area (Å²) in [6.07, 6.45) is 1.97. The van der Waals surface area contributed by atoms with Crippen molar-refractivity contribution >= 4 is 5.69 Å². The van der Waals surface area contributed by atoms with E-state index in [1.807, 2.05) is 32.0 Å². The zero-order valence-corrected chi connectivity index (χ0v) is 12.6. The normalized spacial score (nSPS) is 10.6. The van der Waals surface area contributed by atoms with Crippen LogP contribution in [-0.4, -0.2) is 17.7 Å². The average Bonchev–Trinajstić information content (AvgIpc) is 2.47. The minimum Gasteiger partial charge on any atom is -0.478 e. The molecule has 1 aromatic carbocycles. The number of aromatic nitrogens is 1. The molecule has 0 unspecified atom stereocenters. The van der Waals surface area contributed by atoms with E-state index in [9.17, 15) is 0 Å². The molecule has 0 aliphatic heterocycles. The Morgan fingerprint density at radius 1 is 1.10 bits per heavy atom. The highest BCUT2D eigenvalue weighted by Crippen LogP contribution is 2.23. The lowest BCUT2D eigenvalue weighted by atomic mass is 10.1. The number of hydrogen-bond acceptors (Lipinski definition) is 4. The summed E-state index contributed by atoms with van der Waals surface area (Å²) in [5.41, 5.74) is 7.67. The number of nitrogens with two attached hydrogens (primary N) is 1. The van der Waals surface area contributed by atoms with Crippen molar-refractivity contribution in [3.05, 3.63) is 48.0 Å². The van der Waals surface area contributed by atoms with Crippen LogP contribution in [0.1, 0.15) is 25.8 Å². The SMILES string of the molecule is CC(C)Oc1nc(OCCCc2ccccc2)ccc1N. The number of anilines is 1. The lowest BCUT2D eigenvalue weighted by molar-refractivity contribution is 0.227. The summed E-state index contributed by atoms with van der Waals surface area (Å²) in [5, 5.41) is 0. The summed E-state index contributed by atoms with van der Waals surface area (Å²) in [5.74, 6) is 0.985. The van der Waals surface area contributed by atoms with Crippen molar-refractivity contribution in [2.75, 3.05) is 12.3 Å². The Hall–Kier alpha value is -2.23. The Morgan fingerprint density at radius 3 is 2.57 bits per heavy atom. The maximum absolute atomic E-state index is 5.83. The molecule has 2 rings (SSSR count). The largest absolute Gasteiger partial charge is 0.478 e. The van der Waals surface area contributed by atoms with Crippen LogP contribution in [0.5, 0.6) is 11.8 Å². The number of nitrogen functional groups attached to an aromatic ring is 1. The maximum atomic E-state index is 5.83. The van der Waals surface area contributed by atoms with Gasteiger partial charge in [-0.15, -0.1) is 0 Å². The van der Waals surface area contributed by atoms with Gasteiger partial charge in [0, 0.05) is 6.07 Å². The summed E-state index contributed by atoms with van der Waals surface area (Å²) in [6, 6.07) is 13.9. The van der Waals surface area contributed by atoms with Gasteiger partial charge in [0.05, 0.1) is 18.4 Å². The lowest BCUT2D eigenvalue weighted by Crippen LogP contribution is -2.10. The van der Waals surface area contributed by atoms with Gasteiger partial charge < -0.3 is 15.2 Å². The van der Waals surface area contributed by atoms with E-state index in [4.69, 9.17) is 15.2 Å². The summed E-state index contributed by atoms with van der Waals surface area (Å²) in [4.78, 5) is 4.29. The molecule has 112 valence electrons. The molecule has 0 saturated heterocycles. The van der Waals surface area contributed by atoms with Gasteiger partial charge in [0.15, 0.2) is 0 Å². The van der Waals surface area contributed by atoms with Crippen LogP contribution in [0, 0.1) is 0 Å². The molecule has 4 heteroatoms. The second-order valence-electron chi connectivity index (χ2n) is 5.15. The Balaban J connectivity index is 1.83. The molecule has 0 aliphatic rings. The summed E-state index contributed by atoms with van der Waals surface area (Å²) in [7, 11) is 0. The van der Waals surface area contributed by atoms with Gasteiger partial charge in [0.25, 0.3) is 0 Å². The molecule has 2 N–H and O–H groups in total. The van der Waals surface area contributed by atoms with Crippen molar-refractivity contribution in [2.24, 2.45) is 0 Å². The quantitative estimate of drug-likeness (QED) is 0.792. The number of ether oxygens (including phenoxy) is 2. The molecule has 0 atom stereocenters. The fraction of sp³-hybridized carbons (Fsp3) is 0.353. The highest BCUT2D eigenvalue weighted by atomic mass is 16.5. The summed E-state index contributed by atoms with van der Waals surface area (Å²) < 4.78 is 11.2. The third-order valence-electron chi connectivity index (χ3n) is 2.91. The van der Waals surface area contributed by atoms with Crippen LogP contribution in [0.25, 0.3) is 0 Å². The lowest BCUT2D eigenvalue weighted by Gasteiger charge is -2.12. The summed E-state index contributed by atoms with van der Waals surface area (Å²) in [6.45, 7) is 4.50. The van der Waals surface area contributed by atoms with Gasteiger partial charge in [-0.2, -0.15) is 4.98 Å². The first-order chi connectivity index (χ1) is 10.1. The minimum absolute atomic E-state index is 0.0353. The van der Waals surface area contributed by atoms with E-state index >= 15 is 0 Å². The Morgan fingerprint density at radius 2 is 1.86 bits per heavy atom. The van der Waals surface area contributed by atoms with Gasteiger partial charge in [-0.25, -0.2) is 0 Å². The molecule has 0 spiro atoms. The molecular formula is C17H22N2O2. The van der Waals surface area contributed by atoms with E-state index in [1.165, 1.54) is 5.56 Å². The first-order valence-electron chi connectivity index (χ1n) is 7.25. The predicted molar refractivity (Wildman–Crippen MR) is 84.7 cm³/mol. The van der Waals surface area contributed by atoms with Crippen molar-refractivity contribution in [3.63, 3.8) is 0 Å². The number of rotatable bonds is 7. The fourth-order valence-electron chi connectivity index (χ4n) is 1.93. The van der Waals surface area contributed by atoms with Crippen LogP contribution in [0.2, 0.25) is 0 Å². The highest BCUT2D eigenvalue weighted by molar-refractivity contribution is 5.49. The van der Waals surface area contributed by atoms with Gasteiger partial charge in [-0.3, -0.25) is 0 Å². The fourth-order valence-corrected chi connectivity index (χ4v) is 1.93. The number of benzene rings is 1. The molecule has 0 aliphatic carbocycles. The highest BCUT2D eigenvalue weighted by Gasteiger charge is 2.07. The monoisotopic (exact) mass is 286 g/mol. The van der Waals surface area contributed by atoms with Crippen LogP contribution >= 0.6 is 0 Å². The predicted octanol–water partition coefficient (Wildman–Crippen LogP) is 3.46. The molecule has 2 aromatic rings. The van der Waals surface area contributed by atoms with E-state index < -0.39 is 0 Å². The average molecular weight is 286 g/mol. The van der Waals surface area contributed by atoms with Crippen LogP contribution in [0.3, 0.4) is 0 Å². The van der Waals surface area contributed by atoms with E-state index in [0.29, 0.717) is 24.1 Å². The van der Waals surface area contributed by atoms with Crippen molar-refractivity contribution in [1.82, 2.24) is 4.98 Å². The van der Waals surface area contributed by atoms with Crippen LogP contribution in [0.4, 0.5) is 5.69 Å². The number of aryl methyl sites for hydroxylation is 1. The minimum atomic E-state index is 0.0353. The molecule has 0 amide bonds. The van der Waals surface area contributed by atoms with Crippen LogP contribution in [-0.2, 0) is 6.42 Å². The van der Waals surface area contributed by atoms with E-state index in [1.54, 1.807) is 12.1 Å². The Bertz CT molecular complexity index is 556. The van der Waals surface area contributed by atoms with Crippen LogP contribution < -0.4 is 15.2 Å². The first kappa shape index (κ1) is 15.2. The molecular weight excluding hydrogens is 264 g/mol. The van der Waals surface area contributed by atoms with Gasteiger partial charge in [0.1, 0.15) is 0 Å². The third-order valence-corrected chi connectivity index (χ3v) is 2.91. The third kappa shape index (κ3) is 4.99. The molecule has 0 bridgehead atoms. The smallest absolute Gasteiger partial charge is 0.240 e. The van der Waals surface area contributed by atoms with Crippen LogP contribution in [0.15, 0.2) is 42.5 Å². The van der Waals surface area contributed by atoms with Gasteiger partial charge in [0.2, 0.25) is 11.8 Å². The molecule has 1 heterocycles. The number of hydrogen-bond donors (Lipinski definition) is 1. The van der Waals surface area contributed by atoms with Gasteiger partial charge in [-0.05, 0) is 38.3 Å². The molecule has 21 heavy (non-hydrogen) atoms. The molecule has 1 aromatic heterocycles. The topological polar surface area (TPSA) is 57.4 Å². The van der Waals surface area contributed by atoms with Gasteiger partial charge >= 0.3 is 0 Å². The van der Waals surface area contributed by atoms with E-state index in [2.05, 4.69) is 17.1 Å². The second kappa shape index (κ2) is 7.53. The molecule has 0 saturated carbocycles. The Labute approximate surface area is 125 Å². The second-order valence-corrected chi connectivity index (χ2v) is 5.15. The van der Waals surface area contributed by atoms with Crippen molar-refractivity contribution in [3.8, 4) is 11.8 Å². The number of nitrogens with zero attached hydrogens (tertiary/aromatic N) is 1. The van der Waals surface area contributed by atoms with Crippen molar-refractivity contribution in [2.45, 2.75) is 32.8 Å². The van der Waals surface area contributed by atoms with E-state index in [0.717, 1.165) is 12.8 Å². The van der Waals surface area contributed by atoms with E-state index in [-0.39, 0.29) is 6.10 Å². The molecule has 0 radical (unpaired) electrons. The van der Waals surface area contributed by atoms with Crippen molar-refractivity contribution < 1.29 is 9.47 Å². The zero-order valence-electron chi connectivity index (χ0n) is 12.6. The summed E-state index contributed by atoms with van der Waals surface area (Å²) >= 11 is 0. The standard InChI is InChI=1S/C17H22N2O2/c1-13(2)21-17-15(18)10-11-16(19-17)20-12-6-9-14-7-4-3-5-8-14/h3-5,7-8,10-11,13H,6,9,12,18H2,1-2H3.